The average Bonchev–Trinajstić information content (AvgIpc) is 2.67. The van der Waals surface area contributed by atoms with Crippen molar-refractivity contribution < 1.29 is 19.1 Å². The molecule has 1 heterocycles. The van der Waals surface area contributed by atoms with Gasteiger partial charge >= 0.3 is 0 Å². The minimum atomic E-state index is -0.365. The maximum atomic E-state index is 12.6. The lowest BCUT2D eigenvalue weighted by molar-refractivity contribution is -0.123. The van der Waals surface area contributed by atoms with Crippen LogP contribution in [0, 0.1) is 0 Å². The highest BCUT2D eigenvalue weighted by atomic mass is 16.6. The van der Waals surface area contributed by atoms with Crippen LogP contribution in [-0.4, -0.2) is 25.0 Å². The lowest BCUT2D eigenvalue weighted by Crippen LogP contribution is -2.33. The van der Waals surface area contributed by atoms with Crippen molar-refractivity contribution in [3.63, 3.8) is 0 Å². The molecule has 0 fully saturated rings. The van der Waals surface area contributed by atoms with E-state index in [0.717, 1.165) is 16.9 Å². The summed E-state index contributed by atoms with van der Waals surface area (Å²) in [5, 5.41) is 5.83. The van der Waals surface area contributed by atoms with Crippen LogP contribution in [0.3, 0.4) is 0 Å². The molecule has 2 atom stereocenters. The second-order valence-electron chi connectivity index (χ2n) is 6.56. The fraction of sp³-hybridized carbons (Fsp3) is 0.333. The van der Waals surface area contributed by atoms with Gasteiger partial charge in [-0.2, -0.15) is 0 Å². The van der Waals surface area contributed by atoms with Gasteiger partial charge in [0.15, 0.2) is 11.5 Å². The average molecular weight is 368 g/mol. The Morgan fingerprint density at radius 1 is 0.963 bits per heavy atom. The molecule has 2 N–H and O–H groups in total. The highest BCUT2D eigenvalue weighted by Gasteiger charge is 2.20. The minimum absolute atomic E-state index is 0.139. The monoisotopic (exact) mass is 368 g/mol. The van der Waals surface area contributed by atoms with E-state index in [-0.39, 0.29) is 30.3 Å². The summed E-state index contributed by atoms with van der Waals surface area (Å²) in [6, 6.07) is 14.6. The first kappa shape index (κ1) is 18.8. The van der Waals surface area contributed by atoms with Crippen molar-refractivity contribution in [2.24, 2.45) is 0 Å². The van der Waals surface area contributed by atoms with Crippen molar-refractivity contribution in [3.8, 4) is 11.5 Å². The minimum Gasteiger partial charge on any atom is -0.486 e. The second-order valence-corrected chi connectivity index (χ2v) is 6.56. The van der Waals surface area contributed by atoms with E-state index >= 15 is 0 Å². The zero-order valence-electron chi connectivity index (χ0n) is 15.5. The number of fused-ring (bicyclic) bond motifs is 1. The number of hydrogen-bond acceptors (Lipinski definition) is 4. The van der Waals surface area contributed by atoms with Gasteiger partial charge in [0.25, 0.3) is 0 Å². The van der Waals surface area contributed by atoms with Gasteiger partial charge in [-0.05, 0) is 30.2 Å². The molecule has 0 saturated carbocycles. The Bertz CT molecular complexity index is 807. The highest BCUT2D eigenvalue weighted by Crippen LogP contribution is 2.32. The van der Waals surface area contributed by atoms with Crippen LogP contribution in [0.15, 0.2) is 48.5 Å². The van der Waals surface area contributed by atoms with Crippen LogP contribution in [0.2, 0.25) is 0 Å². The van der Waals surface area contributed by atoms with Gasteiger partial charge in [0.05, 0.1) is 18.5 Å². The summed E-state index contributed by atoms with van der Waals surface area (Å²) in [5.41, 5.74) is 1.83. The largest absolute Gasteiger partial charge is 0.486 e. The van der Waals surface area contributed by atoms with Crippen LogP contribution < -0.4 is 20.1 Å². The summed E-state index contributed by atoms with van der Waals surface area (Å²) < 4.78 is 11.1. The zero-order chi connectivity index (χ0) is 19.2. The quantitative estimate of drug-likeness (QED) is 0.822. The van der Waals surface area contributed by atoms with Gasteiger partial charge in [-0.1, -0.05) is 36.4 Å². The first-order valence-corrected chi connectivity index (χ1v) is 9.04. The molecule has 0 aliphatic carbocycles. The molecule has 1 aliphatic rings. The summed E-state index contributed by atoms with van der Waals surface area (Å²) in [7, 11) is 0. The van der Waals surface area contributed by atoms with Crippen molar-refractivity contribution in [2.75, 3.05) is 13.2 Å². The molecule has 6 nitrogen and oxygen atoms in total. The molecule has 142 valence electrons. The number of rotatable bonds is 6. The number of amides is 2. The molecule has 0 radical (unpaired) electrons. The van der Waals surface area contributed by atoms with E-state index in [2.05, 4.69) is 10.6 Å². The van der Waals surface area contributed by atoms with Crippen LogP contribution in [0.1, 0.15) is 43.5 Å². The van der Waals surface area contributed by atoms with Crippen LogP contribution in [-0.2, 0) is 9.59 Å². The van der Waals surface area contributed by atoms with Crippen LogP contribution in [0.4, 0.5) is 0 Å². The van der Waals surface area contributed by atoms with E-state index in [1.807, 2.05) is 55.5 Å². The normalized spacial score (nSPS) is 14.7. The van der Waals surface area contributed by atoms with Crippen molar-refractivity contribution in [3.05, 3.63) is 59.7 Å². The third-order valence-electron chi connectivity index (χ3n) is 4.41. The predicted molar refractivity (Wildman–Crippen MR) is 102 cm³/mol. The summed E-state index contributed by atoms with van der Waals surface area (Å²) in [5.74, 6) is 1.11. The summed E-state index contributed by atoms with van der Waals surface area (Å²) in [4.78, 5) is 24.1. The Balaban J connectivity index is 1.65. The molecule has 2 aromatic rings. The van der Waals surface area contributed by atoms with E-state index in [0.29, 0.717) is 19.0 Å². The number of ether oxygens (including phenoxy) is 2. The van der Waals surface area contributed by atoms with Gasteiger partial charge in [-0.15, -0.1) is 0 Å². The molecule has 0 saturated heterocycles. The van der Waals surface area contributed by atoms with Crippen LogP contribution in [0.25, 0.3) is 0 Å². The molecule has 2 unspecified atom stereocenters. The Kier molecular flexibility index (Phi) is 5.96. The molecule has 0 bridgehead atoms. The molecular weight excluding hydrogens is 344 g/mol. The van der Waals surface area contributed by atoms with E-state index in [9.17, 15) is 9.59 Å². The van der Waals surface area contributed by atoms with Crippen molar-refractivity contribution >= 4 is 11.8 Å². The Hall–Kier alpha value is -3.02. The molecule has 2 aromatic carbocycles. The molecule has 2 amide bonds. The number of nitrogens with one attached hydrogen (secondary N) is 2. The van der Waals surface area contributed by atoms with Crippen molar-refractivity contribution in [2.45, 2.75) is 32.4 Å². The Morgan fingerprint density at radius 3 is 2.37 bits per heavy atom. The number of benzene rings is 2. The maximum absolute atomic E-state index is 12.6. The number of carbonyl (C=O) groups excluding carboxylic acids is 2. The topological polar surface area (TPSA) is 76.7 Å². The van der Waals surface area contributed by atoms with Crippen LogP contribution >= 0.6 is 0 Å². The Labute approximate surface area is 158 Å². The van der Waals surface area contributed by atoms with Gasteiger partial charge in [-0.25, -0.2) is 0 Å². The van der Waals surface area contributed by atoms with E-state index in [1.165, 1.54) is 6.92 Å². The fourth-order valence-corrected chi connectivity index (χ4v) is 3.08. The van der Waals surface area contributed by atoms with E-state index in [1.54, 1.807) is 0 Å². The van der Waals surface area contributed by atoms with Gasteiger partial charge in [0.1, 0.15) is 13.2 Å². The molecule has 0 aromatic heterocycles. The predicted octanol–water partition coefficient (Wildman–Crippen LogP) is 2.90. The molecular formula is C21H24N2O4. The first-order valence-electron chi connectivity index (χ1n) is 9.04. The van der Waals surface area contributed by atoms with Crippen LogP contribution in [0.5, 0.6) is 11.5 Å². The first-order chi connectivity index (χ1) is 13.0. The SMILES string of the molecule is CC(=O)NC(CC(=O)NC(C)c1ccc2c(c1)OCCO2)c1ccccc1. The van der Waals surface area contributed by atoms with E-state index in [4.69, 9.17) is 9.47 Å². The summed E-state index contributed by atoms with van der Waals surface area (Å²) in [6.07, 6.45) is 0.165. The number of hydrogen-bond donors (Lipinski definition) is 2. The fourth-order valence-electron chi connectivity index (χ4n) is 3.08. The zero-order valence-corrected chi connectivity index (χ0v) is 15.5. The van der Waals surface area contributed by atoms with Crippen molar-refractivity contribution in [1.82, 2.24) is 10.6 Å². The van der Waals surface area contributed by atoms with Gasteiger partial charge in [-0.3, -0.25) is 9.59 Å². The molecule has 27 heavy (non-hydrogen) atoms. The van der Waals surface area contributed by atoms with Gasteiger partial charge < -0.3 is 20.1 Å². The van der Waals surface area contributed by atoms with E-state index < -0.39 is 0 Å². The standard InChI is InChI=1S/C21H24N2O4/c1-14(17-8-9-19-20(12-17)27-11-10-26-19)22-21(25)13-18(23-15(2)24)16-6-4-3-5-7-16/h3-9,12,14,18H,10-11,13H2,1-2H3,(H,22,25)(H,23,24). The summed E-state index contributed by atoms with van der Waals surface area (Å²) in [6.45, 7) is 4.43. The molecule has 3 rings (SSSR count). The highest BCUT2D eigenvalue weighted by molar-refractivity contribution is 5.79. The molecule has 6 heteroatoms. The lowest BCUT2D eigenvalue weighted by atomic mass is 10.0. The third kappa shape index (κ3) is 5.00. The third-order valence-corrected chi connectivity index (χ3v) is 4.41. The second kappa shape index (κ2) is 8.58. The smallest absolute Gasteiger partial charge is 0.222 e. The van der Waals surface area contributed by atoms with Gasteiger partial charge in [0, 0.05) is 6.92 Å². The molecule has 0 spiro atoms. The summed E-state index contributed by atoms with van der Waals surface area (Å²) >= 11 is 0. The Morgan fingerprint density at radius 2 is 1.67 bits per heavy atom. The molecule has 1 aliphatic heterocycles. The van der Waals surface area contributed by atoms with Gasteiger partial charge in [0.2, 0.25) is 11.8 Å². The maximum Gasteiger partial charge on any atom is 0.222 e. The van der Waals surface area contributed by atoms with Crippen molar-refractivity contribution in [1.29, 1.82) is 0 Å². The number of carbonyl (C=O) groups is 2. The lowest BCUT2D eigenvalue weighted by Gasteiger charge is -2.22.